The highest BCUT2D eigenvalue weighted by atomic mass is 16.5. The van der Waals surface area contributed by atoms with Gasteiger partial charge in [-0.15, -0.1) is 0 Å². The Morgan fingerprint density at radius 2 is 1.60 bits per heavy atom. The number of hydrogen-bond donors (Lipinski definition) is 2. The van der Waals surface area contributed by atoms with Gasteiger partial charge in [-0.1, -0.05) is 18.2 Å². The van der Waals surface area contributed by atoms with Crippen LogP contribution in [0.5, 0.6) is 11.5 Å². The number of piperidine rings is 2. The first kappa shape index (κ1) is 39.9. The van der Waals surface area contributed by atoms with Gasteiger partial charge in [-0.3, -0.25) is 44.1 Å². The number of carbonyl (C=O) groups excluding carboxylic acids is 4. The van der Waals surface area contributed by atoms with Crippen LogP contribution in [-0.2, 0) is 14.4 Å². The lowest BCUT2D eigenvalue weighted by atomic mass is 9.93. The van der Waals surface area contributed by atoms with Crippen molar-refractivity contribution < 1.29 is 23.9 Å². The Morgan fingerprint density at radius 3 is 2.31 bits per heavy atom. The third-order valence-corrected chi connectivity index (χ3v) is 13.5. The van der Waals surface area contributed by atoms with E-state index in [1.165, 1.54) is 6.33 Å². The van der Waals surface area contributed by atoms with Crippen LogP contribution >= 0.6 is 0 Å². The molecule has 3 aromatic carbocycles. The van der Waals surface area contributed by atoms with Crippen LogP contribution in [0.1, 0.15) is 47.6 Å². The van der Waals surface area contributed by atoms with E-state index in [0.29, 0.717) is 35.8 Å². The second-order valence-corrected chi connectivity index (χ2v) is 17.5. The van der Waals surface area contributed by atoms with Crippen LogP contribution in [0, 0.1) is 12.8 Å². The number of nitrogens with one attached hydrogen (secondary N) is 1. The third kappa shape index (κ3) is 7.66. The summed E-state index contributed by atoms with van der Waals surface area (Å²) < 4.78 is 8.10. The Bertz CT molecular complexity index is 2490. The second-order valence-electron chi connectivity index (χ2n) is 17.5. The summed E-state index contributed by atoms with van der Waals surface area (Å²) in [4.78, 5) is 69.2. The molecule has 0 aliphatic carbocycles. The zero-order chi connectivity index (χ0) is 42.5. The fourth-order valence-corrected chi connectivity index (χ4v) is 9.89. The van der Waals surface area contributed by atoms with E-state index in [1.54, 1.807) is 6.07 Å². The highest BCUT2D eigenvalue weighted by Gasteiger charge is 2.43. The van der Waals surface area contributed by atoms with E-state index in [1.807, 2.05) is 73.7 Å². The first-order valence-electron chi connectivity index (χ1n) is 21.7. The lowest BCUT2D eigenvalue weighted by molar-refractivity contribution is -0.139. The number of ether oxygens (including phenoxy) is 1. The number of carbonyl (C=O) groups is 4. The zero-order valence-corrected chi connectivity index (χ0v) is 34.8. The smallest absolute Gasteiger partial charge is 0.261 e. The molecule has 3 N–H and O–H groups in total. The molecule has 62 heavy (non-hydrogen) atoms. The predicted octanol–water partition coefficient (Wildman–Crippen LogP) is 3.72. The molecule has 5 aliphatic heterocycles. The minimum atomic E-state index is -0.985. The van der Waals surface area contributed by atoms with Crippen LogP contribution in [0.25, 0.3) is 22.3 Å². The number of rotatable bonds is 12. The van der Waals surface area contributed by atoms with E-state index in [-0.39, 0.29) is 18.9 Å². The monoisotopic (exact) mass is 837 g/mol. The van der Waals surface area contributed by atoms with Gasteiger partial charge in [0.15, 0.2) is 5.65 Å². The van der Waals surface area contributed by atoms with Gasteiger partial charge in [0.25, 0.3) is 5.91 Å². The number of likely N-dealkylation sites (tertiary alicyclic amines) is 3. The number of nitrogens with two attached hydrogens (primary N) is 1. The predicted molar refractivity (Wildman–Crippen MR) is 232 cm³/mol. The number of hydrogen-bond acceptors (Lipinski definition) is 13. The molecule has 7 heterocycles. The molecule has 320 valence electrons. The molecule has 1 unspecified atom stereocenters. The van der Waals surface area contributed by atoms with Crippen LogP contribution in [-0.4, -0.2) is 141 Å². The number of fused-ring (bicyclic) bond motifs is 1. The minimum absolute atomic E-state index is 0.0895. The standard InChI is InChI=1S/C46H51N11O5/c1-29-19-33(9-12-38(29)46(61)56(28-58)39-13-14-40(59)50-45(39)60)54-21-30(22-54)20-52-23-34(24-52)55-25-35(26-55)53-17-15-32(16-18-53)57-44-41(43(47)48-27-49-44)42(51-57)31-7-10-37(11-8-31)62-36-5-3-2-4-6-36/h2-12,19,27-28,30,32,34-35,39H,13-18,20-26H2,1H3,(H2,47,48,49)(H,50,59,60). The molecule has 0 spiro atoms. The molecular weight excluding hydrogens is 787 g/mol. The number of nitrogens with zero attached hydrogens (tertiary/aromatic N) is 9. The van der Waals surface area contributed by atoms with Gasteiger partial charge in [0, 0.05) is 100 Å². The molecule has 5 fully saturated rings. The van der Waals surface area contributed by atoms with Crippen LogP contribution < -0.4 is 20.7 Å². The third-order valence-electron chi connectivity index (χ3n) is 13.5. The van der Waals surface area contributed by atoms with Crippen molar-refractivity contribution in [1.82, 2.24) is 44.7 Å². The zero-order valence-electron chi connectivity index (χ0n) is 34.8. The number of anilines is 2. The maximum Gasteiger partial charge on any atom is 0.261 e. The number of aromatic nitrogens is 4. The number of para-hydroxylation sites is 1. The number of benzene rings is 3. The van der Waals surface area contributed by atoms with Crippen LogP contribution in [0.15, 0.2) is 79.1 Å². The van der Waals surface area contributed by atoms with Gasteiger partial charge in [0.05, 0.1) is 11.4 Å². The Labute approximate surface area is 359 Å². The van der Waals surface area contributed by atoms with E-state index in [0.717, 1.165) is 122 Å². The van der Waals surface area contributed by atoms with Gasteiger partial charge < -0.3 is 15.4 Å². The largest absolute Gasteiger partial charge is 0.457 e. The summed E-state index contributed by atoms with van der Waals surface area (Å²) in [7, 11) is 0. The fraction of sp³-hybridized carbons (Fsp3) is 0.413. The highest BCUT2D eigenvalue weighted by molar-refractivity contribution is 6.07. The summed E-state index contributed by atoms with van der Waals surface area (Å²) in [6.45, 7) is 11.4. The molecule has 0 bridgehead atoms. The average Bonchev–Trinajstić information content (AvgIpc) is 3.63. The minimum Gasteiger partial charge on any atom is -0.457 e. The lowest BCUT2D eigenvalue weighted by Crippen LogP contribution is -2.70. The average molecular weight is 838 g/mol. The molecular formula is C46H51N11O5. The number of imide groups is 2. The summed E-state index contributed by atoms with van der Waals surface area (Å²) in [5.41, 5.74) is 11.1. The van der Waals surface area contributed by atoms with E-state index in [9.17, 15) is 19.2 Å². The van der Waals surface area contributed by atoms with Crippen molar-refractivity contribution in [2.45, 2.75) is 56.8 Å². The van der Waals surface area contributed by atoms with Gasteiger partial charge in [0.2, 0.25) is 18.2 Å². The van der Waals surface area contributed by atoms with Crippen molar-refractivity contribution >= 4 is 46.7 Å². The molecule has 16 nitrogen and oxygen atoms in total. The quantitative estimate of drug-likeness (QED) is 0.138. The van der Waals surface area contributed by atoms with Crippen molar-refractivity contribution in [3.63, 3.8) is 0 Å². The van der Waals surface area contributed by atoms with Gasteiger partial charge in [-0.25, -0.2) is 14.6 Å². The molecule has 4 amide bonds. The van der Waals surface area contributed by atoms with Crippen molar-refractivity contribution in [2.75, 3.05) is 69.5 Å². The lowest BCUT2D eigenvalue weighted by Gasteiger charge is -2.56. The van der Waals surface area contributed by atoms with E-state index in [2.05, 4.69) is 39.6 Å². The van der Waals surface area contributed by atoms with Gasteiger partial charge in [-0.2, -0.15) is 5.10 Å². The van der Waals surface area contributed by atoms with Gasteiger partial charge >= 0.3 is 0 Å². The summed E-state index contributed by atoms with van der Waals surface area (Å²) in [6.07, 6.45) is 4.14. The molecule has 10 rings (SSSR count). The topological polar surface area (TPSA) is 175 Å². The molecule has 5 saturated heterocycles. The van der Waals surface area contributed by atoms with Crippen LogP contribution in [0.3, 0.4) is 0 Å². The SMILES string of the molecule is Cc1cc(N2CC(CN3CC(N4CC(N5CCC(n6nc(-c7ccc(Oc8ccccc8)cc7)c7c(N)ncnc76)CC5)C4)C3)C2)ccc1C(=O)N(C=O)C1CCC(=O)NC1=O. The molecule has 0 saturated carbocycles. The number of nitrogen functional groups attached to an aromatic ring is 1. The van der Waals surface area contributed by atoms with E-state index >= 15 is 0 Å². The van der Waals surface area contributed by atoms with Crippen molar-refractivity contribution in [2.24, 2.45) is 5.92 Å². The second kappa shape index (κ2) is 16.6. The molecule has 1 atom stereocenters. The first-order chi connectivity index (χ1) is 30.2. The van der Waals surface area contributed by atoms with Crippen molar-refractivity contribution in [3.05, 3.63) is 90.3 Å². The summed E-state index contributed by atoms with van der Waals surface area (Å²) >= 11 is 0. The Kier molecular flexibility index (Phi) is 10.7. The Balaban J connectivity index is 0.667. The number of amides is 4. The first-order valence-corrected chi connectivity index (χ1v) is 21.7. The maximum atomic E-state index is 13.3. The van der Waals surface area contributed by atoms with Crippen molar-refractivity contribution in [1.29, 1.82) is 0 Å². The summed E-state index contributed by atoms with van der Waals surface area (Å²) in [5.74, 6) is 1.02. The summed E-state index contributed by atoms with van der Waals surface area (Å²) in [6, 6.07) is 23.8. The maximum absolute atomic E-state index is 13.3. The fourth-order valence-electron chi connectivity index (χ4n) is 9.89. The summed E-state index contributed by atoms with van der Waals surface area (Å²) in [5, 5.41) is 8.14. The molecule has 5 aliphatic rings. The van der Waals surface area contributed by atoms with E-state index in [4.69, 9.17) is 15.6 Å². The van der Waals surface area contributed by atoms with Crippen molar-refractivity contribution in [3.8, 4) is 22.8 Å². The van der Waals surface area contributed by atoms with Gasteiger partial charge in [-0.05, 0) is 86.3 Å². The van der Waals surface area contributed by atoms with Crippen LogP contribution in [0.2, 0.25) is 0 Å². The number of aryl methyl sites for hydroxylation is 1. The Morgan fingerprint density at radius 1 is 0.871 bits per heavy atom. The molecule has 5 aromatic rings. The molecule has 16 heteroatoms. The normalized spacial score (nSPS) is 21.0. The van der Waals surface area contributed by atoms with Crippen LogP contribution in [0.4, 0.5) is 11.5 Å². The Hall–Kier alpha value is -6.23. The highest BCUT2D eigenvalue weighted by Crippen LogP contribution is 2.37. The molecule has 0 radical (unpaired) electrons. The molecule has 2 aromatic heterocycles. The van der Waals surface area contributed by atoms with E-state index < -0.39 is 23.8 Å². The van der Waals surface area contributed by atoms with Gasteiger partial charge in [0.1, 0.15) is 35.4 Å².